The van der Waals surface area contributed by atoms with Crippen LogP contribution in [0.3, 0.4) is 0 Å². The zero-order valence-electron chi connectivity index (χ0n) is 15.8. The van der Waals surface area contributed by atoms with Gasteiger partial charge in [-0.3, -0.25) is 9.59 Å². The zero-order valence-corrected chi connectivity index (χ0v) is 15.8. The number of rotatable bonds is 1. The normalized spacial score (nSPS) is 46.0. The van der Waals surface area contributed by atoms with E-state index >= 15 is 0 Å². The minimum absolute atomic E-state index is 0.0712. The van der Waals surface area contributed by atoms with E-state index < -0.39 is 0 Å². The molecule has 3 heteroatoms. The number of esters is 1. The van der Waals surface area contributed by atoms with Crippen molar-refractivity contribution in [1.29, 1.82) is 0 Å². The predicted octanol–water partition coefficient (Wildman–Crippen LogP) is 4.62. The molecule has 0 heterocycles. The summed E-state index contributed by atoms with van der Waals surface area (Å²) in [4.78, 5) is 23.5. The summed E-state index contributed by atoms with van der Waals surface area (Å²) in [5, 5.41) is 0. The van der Waals surface area contributed by atoms with Gasteiger partial charge in [0.05, 0.1) is 0 Å². The minimum atomic E-state index is -0.148. The lowest BCUT2D eigenvalue weighted by atomic mass is 9.46. The van der Waals surface area contributed by atoms with Crippen LogP contribution < -0.4 is 0 Å². The number of hydrogen-bond donors (Lipinski definition) is 0. The topological polar surface area (TPSA) is 43.4 Å². The minimum Gasteiger partial charge on any atom is -0.462 e. The van der Waals surface area contributed by atoms with Crippen molar-refractivity contribution >= 4 is 11.8 Å². The highest BCUT2D eigenvalue weighted by Crippen LogP contribution is 2.66. The SMILES string of the molecule is C=C1C[C@@H]2[C@H]3CC[C@H](OC(C)=O)[C@]3(C)CC[C@H]2[C@@]2(C)CCC(=O)C=C12. The maximum atomic E-state index is 12.0. The van der Waals surface area contributed by atoms with Crippen molar-refractivity contribution in [1.82, 2.24) is 0 Å². The average molecular weight is 342 g/mol. The molecule has 3 fully saturated rings. The lowest BCUT2D eigenvalue weighted by Crippen LogP contribution is -2.52. The van der Waals surface area contributed by atoms with Gasteiger partial charge in [0.15, 0.2) is 5.78 Å². The summed E-state index contributed by atoms with van der Waals surface area (Å²) in [5.41, 5.74) is 2.63. The molecule has 0 saturated heterocycles. The van der Waals surface area contributed by atoms with Gasteiger partial charge in [-0.15, -0.1) is 0 Å². The number of fused-ring (bicyclic) bond motifs is 5. The fourth-order valence-electron chi connectivity index (χ4n) is 6.91. The van der Waals surface area contributed by atoms with Gasteiger partial charge in [0.1, 0.15) is 6.10 Å². The highest BCUT2D eigenvalue weighted by molar-refractivity contribution is 5.92. The first-order valence-corrected chi connectivity index (χ1v) is 9.86. The van der Waals surface area contributed by atoms with Crippen LogP contribution in [-0.4, -0.2) is 17.9 Å². The fraction of sp³-hybridized carbons (Fsp3) is 0.727. The molecule has 0 aliphatic heterocycles. The molecule has 0 radical (unpaired) electrons. The van der Waals surface area contributed by atoms with Crippen molar-refractivity contribution < 1.29 is 14.3 Å². The Hall–Kier alpha value is -1.38. The van der Waals surface area contributed by atoms with Crippen LogP contribution in [0, 0.1) is 28.6 Å². The van der Waals surface area contributed by atoms with Crippen molar-refractivity contribution in [2.24, 2.45) is 28.6 Å². The lowest BCUT2D eigenvalue weighted by molar-refractivity contribution is -0.156. The molecule has 0 unspecified atom stereocenters. The standard InChI is InChI=1S/C22H30O3/c1-13-11-16-17-5-6-20(25-14(2)23)22(17,4)10-8-18(16)21(3)9-7-15(24)12-19(13)21/h12,16-18,20H,1,5-11H2,2-4H3/t16-,17-,18-,20+,21-,22-/m1/s1. The Morgan fingerprint density at radius 1 is 1.20 bits per heavy atom. The highest BCUT2D eigenvalue weighted by Gasteiger charge is 2.60. The van der Waals surface area contributed by atoms with Crippen molar-refractivity contribution in [2.75, 3.05) is 0 Å². The van der Waals surface area contributed by atoms with Gasteiger partial charge in [0, 0.05) is 18.8 Å². The average Bonchev–Trinajstić information content (AvgIpc) is 2.86. The first kappa shape index (κ1) is 17.1. The highest BCUT2D eigenvalue weighted by atomic mass is 16.5. The Labute approximate surface area is 150 Å². The lowest BCUT2D eigenvalue weighted by Gasteiger charge is -2.58. The summed E-state index contributed by atoms with van der Waals surface area (Å²) in [5.74, 6) is 1.96. The maximum Gasteiger partial charge on any atom is 0.302 e. The van der Waals surface area contributed by atoms with E-state index in [-0.39, 0.29) is 28.7 Å². The third-order valence-corrected chi connectivity index (χ3v) is 8.15. The number of allylic oxidation sites excluding steroid dienone is 2. The summed E-state index contributed by atoms with van der Waals surface area (Å²) in [6, 6.07) is 0. The number of hydrogen-bond acceptors (Lipinski definition) is 3. The molecule has 3 saturated carbocycles. The van der Waals surface area contributed by atoms with Gasteiger partial charge in [-0.1, -0.05) is 26.0 Å². The van der Waals surface area contributed by atoms with E-state index in [0.29, 0.717) is 24.2 Å². The van der Waals surface area contributed by atoms with Crippen LogP contribution in [0.25, 0.3) is 0 Å². The van der Waals surface area contributed by atoms with Gasteiger partial charge in [0.25, 0.3) is 0 Å². The first-order chi connectivity index (χ1) is 11.8. The van der Waals surface area contributed by atoms with E-state index in [1.54, 1.807) is 0 Å². The fourth-order valence-corrected chi connectivity index (χ4v) is 6.91. The summed E-state index contributed by atoms with van der Waals surface area (Å²) < 4.78 is 5.72. The molecule has 0 spiro atoms. The predicted molar refractivity (Wildman–Crippen MR) is 96.8 cm³/mol. The van der Waals surface area contributed by atoms with E-state index in [4.69, 9.17) is 4.74 Å². The number of ketones is 1. The largest absolute Gasteiger partial charge is 0.462 e. The molecule has 0 amide bonds. The summed E-state index contributed by atoms with van der Waals surface area (Å²) >= 11 is 0. The second-order valence-corrected chi connectivity index (χ2v) is 9.35. The van der Waals surface area contributed by atoms with E-state index in [1.807, 2.05) is 6.08 Å². The third-order valence-electron chi connectivity index (χ3n) is 8.15. The van der Waals surface area contributed by atoms with E-state index in [9.17, 15) is 9.59 Å². The van der Waals surface area contributed by atoms with Crippen LogP contribution in [-0.2, 0) is 14.3 Å². The van der Waals surface area contributed by atoms with E-state index in [1.165, 1.54) is 24.5 Å². The Bertz CT molecular complexity index is 675. The molecule has 25 heavy (non-hydrogen) atoms. The number of carbonyl (C=O) groups is 2. The molecule has 0 aromatic rings. The zero-order chi connectivity index (χ0) is 18.0. The third kappa shape index (κ3) is 2.38. The van der Waals surface area contributed by atoms with Crippen molar-refractivity contribution in [2.45, 2.75) is 71.8 Å². The van der Waals surface area contributed by atoms with Crippen molar-refractivity contribution in [3.8, 4) is 0 Å². The summed E-state index contributed by atoms with van der Waals surface area (Å²) in [7, 11) is 0. The number of carbonyl (C=O) groups excluding carboxylic acids is 2. The first-order valence-electron chi connectivity index (χ1n) is 9.86. The van der Waals surface area contributed by atoms with Crippen LogP contribution >= 0.6 is 0 Å². The van der Waals surface area contributed by atoms with Crippen LogP contribution in [0.2, 0.25) is 0 Å². The monoisotopic (exact) mass is 342 g/mol. The molecule has 6 atom stereocenters. The van der Waals surface area contributed by atoms with Gasteiger partial charge >= 0.3 is 5.97 Å². The molecule has 0 N–H and O–H groups in total. The van der Waals surface area contributed by atoms with Crippen molar-refractivity contribution in [3.05, 3.63) is 23.8 Å². The van der Waals surface area contributed by atoms with Gasteiger partial charge in [-0.2, -0.15) is 0 Å². The molecule has 4 rings (SSSR count). The van der Waals surface area contributed by atoms with E-state index in [0.717, 1.165) is 32.1 Å². The molecule has 4 aliphatic rings. The second-order valence-electron chi connectivity index (χ2n) is 9.35. The smallest absolute Gasteiger partial charge is 0.302 e. The summed E-state index contributed by atoms with van der Waals surface area (Å²) in [6.45, 7) is 10.6. The van der Waals surface area contributed by atoms with Gasteiger partial charge in [-0.05, 0) is 73.3 Å². The summed E-state index contributed by atoms with van der Waals surface area (Å²) in [6.07, 6.45) is 9.06. The molecule has 0 bridgehead atoms. The second kappa shape index (κ2) is 5.56. The molecule has 136 valence electrons. The van der Waals surface area contributed by atoms with Crippen LogP contribution in [0.4, 0.5) is 0 Å². The van der Waals surface area contributed by atoms with Gasteiger partial charge in [0.2, 0.25) is 0 Å². The molecule has 0 aromatic carbocycles. The van der Waals surface area contributed by atoms with Crippen LogP contribution in [0.1, 0.15) is 65.7 Å². The van der Waals surface area contributed by atoms with Crippen LogP contribution in [0.5, 0.6) is 0 Å². The van der Waals surface area contributed by atoms with Crippen molar-refractivity contribution in [3.63, 3.8) is 0 Å². The Morgan fingerprint density at radius 2 is 1.96 bits per heavy atom. The number of ether oxygens (including phenoxy) is 1. The van der Waals surface area contributed by atoms with Crippen LogP contribution in [0.15, 0.2) is 23.8 Å². The molecule has 4 aliphatic carbocycles. The Morgan fingerprint density at radius 3 is 2.68 bits per heavy atom. The molecule has 3 nitrogen and oxygen atoms in total. The van der Waals surface area contributed by atoms with E-state index in [2.05, 4.69) is 20.4 Å². The molecular weight excluding hydrogens is 312 g/mol. The molecular formula is C22H30O3. The van der Waals surface area contributed by atoms with Gasteiger partial charge < -0.3 is 4.74 Å². The van der Waals surface area contributed by atoms with Gasteiger partial charge in [-0.25, -0.2) is 0 Å². The quantitative estimate of drug-likeness (QED) is 0.653. The Kier molecular flexibility index (Phi) is 3.79. The Balaban J connectivity index is 1.67. The maximum absolute atomic E-state index is 12.0. The molecule has 0 aromatic heterocycles.